The Morgan fingerprint density at radius 3 is 2.72 bits per heavy atom. The summed E-state index contributed by atoms with van der Waals surface area (Å²) in [6, 6.07) is 0. The topological polar surface area (TPSA) is 80.7 Å². The first-order valence-corrected chi connectivity index (χ1v) is 11.5. The Kier molecular flexibility index (Phi) is 7.79. The van der Waals surface area contributed by atoms with E-state index in [1.165, 1.54) is 16.2 Å². The molecule has 1 amide bonds. The Bertz CT molecular complexity index is 985. The summed E-state index contributed by atoms with van der Waals surface area (Å²) < 4.78 is 25.8. The van der Waals surface area contributed by atoms with Crippen LogP contribution in [-0.4, -0.2) is 70.5 Å². The molecule has 0 N–H and O–H groups in total. The Hall–Kier alpha value is -2.17. The molecule has 3 heterocycles. The number of carbonyl (C=O) groups excluding carboxylic acids is 1. The molecule has 1 atom stereocenters. The summed E-state index contributed by atoms with van der Waals surface area (Å²) in [5.41, 5.74) is 0.896. The minimum Gasteiger partial charge on any atom is -0.472 e. The standard InChI is InChI=1S/C20H24Cl2FN5O3S/c1-5-8-30-18-13(21)17(25-16(26-18)14-15(22)24-11-32-14)27-6-7-28(10-12(23)9-27)19(29)31-20(2,3)4/h5,11-12H,1,6-10H2,2-4H3. The van der Waals surface area contributed by atoms with E-state index in [9.17, 15) is 9.18 Å². The zero-order valence-electron chi connectivity index (χ0n) is 18.0. The predicted octanol–water partition coefficient (Wildman–Crippen LogP) is 4.87. The van der Waals surface area contributed by atoms with Crippen LogP contribution in [0.4, 0.5) is 15.0 Å². The minimum absolute atomic E-state index is 0.0210. The molecule has 0 aliphatic carbocycles. The van der Waals surface area contributed by atoms with Gasteiger partial charge in [-0.2, -0.15) is 4.98 Å². The number of halogens is 3. The average Bonchev–Trinajstić information content (AvgIpc) is 3.03. The average molecular weight is 504 g/mol. The highest BCUT2D eigenvalue weighted by molar-refractivity contribution is 7.13. The second kappa shape index (κ2) is 10.2. The van der Waals surface area contributed by atoms with Crippen LogP contribution in [0.15, 0.2) is 18.2 Å². The van der Waals surface area contributed by atoms with Crippen LogP contribution < -0.4 is 9.64 Å². The number of rotatable bonds is 5. The number of nitrogens with zero attached hydrogens (tertiary/aromatic N) is 5. The lowest BCUT2D eigenvalue weighted by Gasteiger charge is -2.27. The minimum atomic E-state index is -1.34. The second-order valence-electron chi connectivity index (χ2n) is 8.03. The van der Waals surface area contributed by atoms with Crippen molar-refractivity contribution in [3.63, 3.8) is 0 Å². The molecule has 0 bridgehead atoms. The molecule has 1 unspecified atom stereocenters. The van der Waals surface area contributed by atoms with E-state index < -0.39 is 17.9 Å². The van der Waals surface area contributed by atoms with E-state index in [4.69, 9.17) is 32.7 Å². The van der Waals surface area contributed by atoms with Gasteiger partial charge in [-0.05, 0) is 20.8 Å². The van der Waals surface area contributed by atoms with Gasteiger partial charge in [-0.3, -0.25) is 0 Å². The number of carbonyl (C=O) groups is 1. The van der Waals surface area contributed by atoms with Crippen LogP contribution in [0.25, 0.3) is 10.7 Å². The van der Waals surface area contributed by atoms with Gasteiger partial charge in [0.05, 0.1) is 18.6 Å². The van der Waals surface area contributed by atoms with Gasteiger partial charge in [0, 0.05) is 13.1 Å². The normalized spacial score (nSPS) is 17.1. The van der Waals surface area contributed by atoms with E-state index in [-0.39, 0.29) is 60.5 Å². The van der Waals surface area contributed by atoms with E-state index in [2.05, 4.69) is 21.5 Å². The summed E-state index contributed by atoms with van der Waals surface area (Å²) in [5.74, 6) is 0.674. The Morgan fingerprint density at radius 1 is 1.34 bits per heavy atom. The third-order valence-electron chi connectivity index (χ3n) is 4.30. The number of amides is 1. The molecule has 2 aromatic heterocycles. The molecule has 8 nitrogen and oxygen atoms in total. The summed E-state index contributed by atoms with van der Waals surface area (Å²) in [6.45, 7) is 9.49. The van der Waals surface area contributed by atoms with Gasteiger partial charge in [0.25, 0.3) is 0 Å². The number of hydrogen-bond acceptors (Lipinski definition) is 8. The quantitative estimate of drug-likeness (QED) is 0.538. The maximum absolute atomic E-state index is 14.8. The van der Waals surface area contributed by atoms with Crippen molar-refractivity contribution in [2.75, 3.05) is 37.7 Å². The van der Waals surface area contributed by atoms with Crippen LogP contribution in [0.1, 0.15) is 20.8 Å². The van der Waals surface area contributed by atoms with Gasteiger partial charge in [0.1, 0.15) is 28.3 Å². The van der Waals surface area contributed by atoms with Crippen LogP contribution in [-0.2, 0) is 4.74 Å². The van der Waals surface area contributed by atoms with Gasteiger partial charge in [0.15, 0.2) is 16.8 Å². The van der Waals surface area contributed by atoms with Crippen molar-refractivity contribution in [1.29, 1.82) is 0 Å². The predicted molar refractivity (Wildman–Crippen MR) is 124 cm³/mol. The van der Waals surface area contributed by atoms with Crippen LogP contribution in [0.3, 0.4) is 0 Å². The Labute approximate surface area is 200 Å². The summed E-state index contributed by atoms with van der Waals surface area (Å²) in [6.07, 6.45) is -0.355. The smallest absolute Gasteiger partial charge is 0.410 e. The SMILES string of the molecule is C=CCOc1nc(-c2scnc2Cl)nc(N2CCN(C(=O)OC(C)(C)C)CC(F)C2)c1Cl. The van der Waals surface area contributed by atoms with Gasteiger partial charge in [0.2, 0.25) is 5.88 Å². The molecule has 0 saturated carbocycles. The molecule has 1 aliphatic rings. The van der Waals surface area contributed by atoms with Crippen molar-refractivity contribution in [2.24, 2.45) is 0 Å². The van der Waals surface area contributed by atoms with Crippen molar-refractivity contribution >= 4 is 46.4 Å². The summed E-state index contributed by atoms with van der Waals surface area (Å²) in [4.78, 5) is 28.9. The fourth-order valence-corrected chi connectivity index (χ4v) is 4.18. The van der Waals surface area contributed by atoms with Gasteiger partial charge in [-0.25, -0.2) is 19.2 Å². The molecule has 1 fully saturated rings. The van der Waals surface area contributed by atoms with E-state index in [1.54, 1.807) is 37.3 Å². The fraction of sp³-hybridized carbons (Fsp3) is 0.500. The maximum atomic E-state index is 14.8. The molecular formula is C20H24Cl2FN5O3S. The van der Waals surface area contributed by atoms with Gasteiger partial charge < -0.3 is 19.3 Å². The van der Waals surface area contributed by atoms with E-state index >= 15 is 0 Å². The lowest BCUT2D eigenvalue weighted by atomic mass is 10.2. The highest BCUT2D eigenvalue weighted by Crippen LogP contribution is 2.37. The lowest BCUT2D eigenvalue weighted by Crippen LogP contribution is -2.40. The summed E-state index contributed by atoms with van der Waals surface area (Å²) >= 11 is 14.0. The van der Waals surface area contributed by atoms with Crippen molar-refractivity contribution in [1.82, 2.24) is 19.9 Å². The van der Waals surface area contributed by atoms with Crippen molar-refractivity contribution in [2.45, 2.75) is 32.5 Å². The fourth-order valence-electron chi connectivity index (χ4n) is 2.98. The van der Waals surface area contributed by atoms with E-state index in [0.717, 1.165) is 0 Å². The van der Waals surface area contributed by atoms with E-state index in [0.29, 0.717) is 4.88 Å². The molecular weight excluding hydrogens is 480 g/mol. The summed E-state index contributed by atoms with van der Waals surface area (Å²) in [5, 5.41) is 0.377. The summed E-state index contributed by atoms with van der Waals surface area (Å²) in [7, 11) is 0. The van der Waals surface area contributed by atoms with Crippen molar-refractivity contribution < 1.29 is 18.7 Å². The van der Waals surface area contributed by atoms with Crippen LogP contribution in [0, 0.1) is 0 Å². The Balaban J connectivity index is 1.92. The third kappa shape index (κ3) is 5.99. The van der Waals surface area contributed by atoms with Gasteiger partial charge in [-0.1, -0.05) is 35.9 Å². The Morgan fingerprint density at radius 2 is 2.09 bits per heavy atom. The van der Waals surface area contributed by atoms with Crippen molar-refractivity contribution in [3.8, 4) is 16.6 Å². The first kappa shape index (κ1) is 24.5. The maximum Gasteiger partial charge on any atom is 0.410 e. The molecule has 12 heteroatoms. The largest absolute Gasteiger partial charge is 0.472 e. The number of anilines is 1. The zero-order valence-corrected chi connectivity index (χ0v) is 20.3. The second-order valence-corrected chi connectivity index (χ2v) is 9.62. The lowest BCUT2D eigenvalue weighted by molar-refractivity contribution is 0.0229. The van der Waals surface area contributed by atoms with Crippen LogP contribution >= 0.6 is 34.5 Å². The molecule has 1 saturated heterocycles. The molecule has 2 aromatic rings. The number of thiazole rings is 1. The third-order valence-corrected chi connectivity index (χ3v) is 5.85. The number of aromatic nitrogens is 3. The molecule has 0 radical (unpaired) electrons. The zero-order chi connectivity index (χ0) is 23.5. The molecule has 0 aromatic carbocycles. The molecule has 1 aliphatic heterocycles. The van der Waals surface area contributed by atoms with Crippen LogP contribution in [0.5, 0.6) is 5.88 Å². The number of alkyl halides is 1. The van der Waals surface area contributed by atoms with Crippen molar-refractivity contribution in [3.05, 3.63) is 28.3 Å². The van der Waals surface area contributed by atoms with Gasteiger partial charge >= 0.3 is 6.09 Å². The monoisotopic (exact) mass is 503 g/mol. The highest BCUT2D eigenvalue weighted by Gasteiger charge is 2.31. The van der Waals surface area contributed by atoms with Gasteiger partial charge in [-0.15, -0.1) is 11.3 Å². The highest BCUT2D eigenvalue weighted by atomic mass is 35.5. The molecule has 0 spiro atoms. The molecule has 3 rings (SSSR count). The first-order chi connectivity index (χ1) is 15.1. The number of hydrogen-bond donors (Lipinski definition) is 0. The van der Waals surface area contributed by atoms with E-state index in [1.807, 2.05) is 0 Å². The first-order valence-electron chi connectivity index (χ1n) is 9.86. The van der Waals surface area contributed by atoms with Crippen LogP contribution in [0.2, 0.25) is 10.2 Å². The molecule has 174 valence electrons. The number of ether oxygens (including phenoxy) is 2. The molecule has 32 heavy (non-hydrogen) atoms.